The highest BCUT2D eigenvalue weighted by molar-refractivity contribution is 6.11. The second-order valence-corrected chi connectivity index (χ2v) is 7.37. The van der Waals surface area contributed by atoms with E-state index in [1.54, 1.807) is 0 Å². The first-order chi connectivity index (χ1) is 11.2. The van der Waals surface area contributed by atoms with Gasteiger partial charge in [0.05, 0.1) is 5.92 Å². The quantitative estimate of drug-likeness (QED) is 0.873. The fraction of sp³-hybridized carbons (Fsp3) is 0.421. The maximum Gasteiger partial charge on any atom is 0.177 e. The third-order valence-corrected chi connectivity index (χ3v) is 5.80. The van der Waals surface area contributed by atoms with Crippen molar-refractivity contribution in [2.24, 2.45) is 16.3 Å². The van der Waals surface area contributed by atoms with Crippen LogP contribution >= 0.6 is 0 Å². The lowest BCUT2D eigenvalue weighted by molar-refractivity contribution is -0.123. The molecule has 1 spiro atoms. The van der Waals surface area contributed by atoms with E-state index < -0.39 is 0 Å². The molecule has 2 fully saturated rings. The van der Waals surface area contributed by atoms with Gasteiger partial charge in [-0.3, -0.25) is 9.89 Å². The van der Waals surface area contributed by atoms with Crippen LogP contribution in [0.25, 0.3) is 0 Å². The number of carbonyl (C=O) groups is 1. The number of Topliss-reactive ketones (excluding diaryl/α,β-unsaturated/α-hetero) is 1. The summed E-state index contributed by atoms with van der Waals surface area (Å²) in [5.41, 5.74) is 4.61. The van der Waals surface area contributed by atoms with E-state index >= 15 is 0 Å². The number of aryl methyl sites for hydroxylation is 1. The number of carbonyl (C=O) groups excluding carboxylic acids is 1. The van der Waals surface area contributed by atoms with Crippen molar-refractivity contribution in [3.05, 3.63) is 47.2 Å². The molecule has 1 aromatic heterocycles. The van der Waals surface area contributed by atoms with Gasteiger partial charge in [-0.05, 0) is 37.2 Å². The Hall–Kier alpha value is -2.23. The summed E-state index contributed by atoms with van der Waals surface area (Å²) in [5.74, 6) is 1.11. The van der Waals surface area contributed by atoms with Crippen LogP contribution in [0.4, 0.5) is 5.82 Å². The van der Waals surface area contributed by atoms with Crippen LogP contribution in [0.15, 0.2) is 35.3 Å². The Kier molecular flexibility index (Phi) is 2.53. The zero-order valence-electron chi connectivity index (χ0n) is 13.2. The molecule has 2 aliphatic carbocycles. The zero-order valence-corrected chi connectivity index (χ0v) is 13.2. The van der Waals surface area contributed by atoms with Crippen molar-refractivity contribution in [3.63, 3.8) is 0 Å². The van der Waals surface area contributed by atoms with E-state index in [-0.39, 0.29) is 17.3 Å². The first-order valence-corrected chi connectivity index (χ1v) is 8.37. The summed E-state index contributed by atoms with van der Waals surface area (Å²) in [6, 6.07) is 10.4. The summed E-state index contributed by atoms with van der Waals surface area (Å²) < 4.78 is 0. The van der Waals surface area contributed by atoms with Crippen LogP contribution in [0.2, 0.25) is 0 Å². The second kappa shape index (κ2) is 4.40. The Balaban J connectivity index is 1.71. The minimum Gasteiger partial charge on any atom is -0.299 e. The van der Waals surface area contributed by atoms with Gasteiger partial charge >= 0.3 is 0 Å². The van der Waals surface area contributed by atoms with Gasteiger partial charge in [0, 0.05) is 29.3 Å². The molecule has 3 aliphatic rings. The lowest BCUT2D eigenvalue weighted by Crippen LogP contribution is -2.40. The molecule has 0 saturated heterocycles. The van der Waals surface area contributed by atoms with Crippen molar-refractivity contribution in [1.29, 1.82) is 0 Å². The highest BCUT2D eigenvalue weighted by Gasteiger charge is 2.54. The number of hydrogen-bond acceptors (Lipinski definition) is 3. The molecule has 2 heterocycles. The Morgan fingerprint density at radius 1 is 1.13 bits per heavy atom. The van der Waals surface area contributed by atoms with E-state index in [0.29, 0.717) is 5.78 Å². The average Bonchev–Trinajstić information content (AvgIpc) is 3.19. The number of ketones is 1. The van der Waals surface area contributed by atoms with E-state index in [4.69, 9.17) is 4.99 Å². The van der Waals surface area contributed by atoms with Crippen molar-refractivity contribution < 1.29 is 4.79 Å². The van der Waals surface area contributed by atoms with Crippen LogP contribution in [0.3, 0.4) is 0 Å². The number of fused-ring (bicyclic) bond motifs is 2. The van der Waals surface area contributed by atoms with Gasteiger partial charge in [0.2, 0.25) is 0 Å². The summed E-state index contributed by atoms with van der Waals surface area (Å²) in [6.07, 6.45) is 4.05. The molecular weight excluding hydrogens is 286 g/mol. The number of hydrogen-bond donors (Lipinski definition) is 1. The van der Waals surface area contributed by atoms with Crippen LogP contribution in [0.5, 0.6) is 0 Å². The van der Waals surface area contributed by atoms with Gasteiger partial charge in [0.15, 0.2) is 5.82 Å². The van der Waals surface area contributed by atoms with Crippen LogP contribution in [-0.4, -0.2) is 21.7 Å². The van der Waals surface area contributed by atoms with Crippen molar-refractivity contribution >= 4 is 17.3 Å². The fourth-order valence-corrected chi connectivity index (χ4v) is 4.44. The normalized spacial score (nSPS) is 27.3. The van der Waals surface area contributed by atoms with Gasteiger partial charge in [-0.2, -0.15) is 5.10 Å². The molecule has 1 aliphatic heterocycles. The Bertz CT molecular complexity index is 830. The highest BCUT2D eigenvalue weighted by Crippen LogP contribution is 2.58. The number of rotatable bonds is 1. The van der Waals surface area contributed by atoms with Gasteiger partial charge < -0.3 is 0 Å². The fourth-order valence-electron chi connectivity index (χ4n) is 4.44. The molecule has 0 bridgehead atoms. The molecule has 2 unspecified atom stereocenters. The molecule has 1 aromatic carbocycles. The predicted molar refractivity (Wildman–Crippen MR) is 88.1 cm³/mol. The van der Waals surface area contributed by atoms with E-state index in [1.165, 1.54) is 18.4 Å². The monoisotopic (exact) mass is 305 g/mol. The summed E-state index contributed by atoms with van der Waals surface area (Å²) in [7, 11) is 0. The Labute approximate surface area is 135 Å². The third kappa shape index (κ3) is 1.87. The number of H-pyrrole nitrogens is 1. The summed E-state index contributed by atoms with van der Waals surface area (Å²) in [6.45, 7) is 2.03. The van der Waals surface area contributed by atoms with E-state index in [9.17, 15) is 4.79 Å². The van der Waals surface area contributed by atoms with E-state index in [2.05, 4.69) is 22.3 Å². The number of benzene rings is 1. The van der Waals surface area contributed by atoms with Crippen LogP contribution in [0.1, 0.15) is 48.4 Å². The van der Waals surface area contributed by atoms with Gasteiger partial charge in [-0.25, -0.2) is 4.99 Å². The Morgan fingerprint density at radius 3 is 2.65 bits per heavy atom. The number of aromatic amines is 1. The number of aliphatic imine (C=N–C) groups is 1. The first kappa shape index (κ1) is 13.2. The minimum absolute atomic E-state index is 0.0565. The molecule has 23 heavy (non-hydrogen) atoms. The van der Waals surface area contributed by atoms with Crippen LogP contribution < -0.4 is 0 Å². The van der Waals surface area contributed by atoms with Gasteiger partial charge in [-0.15, -0.1) is 0 Å². The Morgan fingerprint density at radius 2 is 1.91 bits per heavy atom. The summed E-state index contributed by atoms with van der Waals surface area (Å²) in [4.78, 5) is 17.8. The largest absolute Gasteiger partial charge is 0.299 e. The lowest BCUT2D eigenvalue weighted by atomic mass is 9.67. The molecule has 2 aromatic rings. The SMILES string of the molecule is Cc1[nH]nc2c1C(c1ccccc1)C1C(=O)CC3(CC3)CC1=N2. The van der Waals surface area contributed by atoms with Crippen molar-refractivity contribution in [3.8, 4) is 0 Å². The van der Waals surface area contributed by atoms with Gasteiger partial charge in [-0.1, -0.05) is 30.3 Å². The number of nitrogens with one attached hydrogen (secondary N) is 1. The molecule has 5 rings (SSSR count). The van der Waals surface area contributed by atoms with Crippen LogP contribution in [0, 0.1) is 18.3 Å². The number of nitrogens with zero attached hydrogens (tertiary/aromatic N) is 2. The molecule has 116 valence electrons. The summed E-state index contributed by atoms with van der Waals surface area (Å²) in [5, 5.41) is 7.46. The second-order valence-electron chi connectivity index (χ2n) is 7.37. The maximum absolute atomic E-state index is 13.0. The predicted octanol–water partition coefficient (Wildman–Crippen LogP) is 3.70. The molecular formula is C19H19N3O. The zero-order chi connectivity index (χ0) is 15.6. The topological polar surface area (TPSA) is 58.1 Å². The summed E-state index contributed by atoms with van der Waals surface area (Å²) >= 11 is 0. The molecule has 0 radical (unpaired) electrons. The smallest absolute Gasteiger partial charge is 0.177 e. The molecule has 1 N–H and O–H groups in total. The van der Waals surface area contributed by atoms with Gasteiger partial charge in [0.1, 0.15) is 5.78 Å². The molecule has 2 saturated carbocycles. The van der Waals surface area contributed by atoms with Crippen molar-refractivity contribution in [1.82, 2.24) is 10.2 Å². The molecule has 4 heteroatoms. The first-order valence-electron chi connectivity index (χ1n) is 8.37. The molecule has 0 amide bonds. The molecule has 2 atom stereocenters. The molecule has 4 nitrogen and oxygen atoms in total. The maximum atomic E-state index is 13.0. The van der Waals surface area contributed by atoms with Crippen molar-refractivity contribution in [2.75, 3.05) is 0 Å². The standard InChI is InChI=1S/C19H19N3O/c1-11-15-16(12-5-3-2-4-6-12)17-13(20-18(15)22-21-11)9-19(7-8-19)10-14(17)23/h2-6,16-17H,7-10H2,1H3,(H,21,22). The van der Waals surface area contributed by atoms with E-state index in [1.807, 2.05) is 25.1 Å². The van der Waals surface area contributed by atoms with Crippen LogP contribution in [-0.2, 0) is 4.79 Å². The minimum atomic E-state index is -0.104. The van der Waals surface area contributed by atoms with Crippen molar-refractivity contribution in [2.45, 2.75) is 38.5 Å². The van der Waals surface area contributed by atoms with Gasteiger partial charge in [0.25, 0.3) is 0 Å². The average molecular weight is 305 g/mol. The lowest BCUT2D eigenvalue weighted by Gasteiger charge is -2.37. The number of aromatic nitrogens is 2. The highest BCUT2D eigenvalue weighted by atomic mass is 16.1. The third-order valence-electron chi connectivity index (χ3n) is 5.80. The van der Waals surface area contributed by atoms with E-state index in [0.717, 1.165) is 35.6 Å².